The number of rotatable bonds is 2. The summed E-state index contributed by atoms with van der Waals surface area (Å²) in [5.74, 6) is 0.927. The summed E-state index contributed by atoms with van der Waals surface area (Å²) >= 11 is 0. The number of benzene rings is 1. The molecular formula is C12H14O. The highest BCUT2D eigenvalue weighted by atomic mass is 16.5. The van der Waals surface area contributed by atoms with Gasteiger partial charge in [0.2, 0.25) is 0 Å². The maximum Gasteiger partial charge on any atom is 0.118 e. The Bertz CT molecular complexity index is 323. The molecule has 0 saturated heterocycles. The molecular weight excluding hydrogens is 160 g/mol. The molecule has 1 nitrogen and oxygen atoms in total. The second kappa shape index (κ2) is 2.91. The molecule has 0 N–H and O–H groups in total. The largest absolute Gasteiger partial charge is 0.497 e. The molecule has 0 heterocycles. The van der Waals surface area contributed by atoms with Crippen molar-refractivity contribution in [2.45, 2.75) is 18.8 Å². The monoisotopic (exact) mass is 174 g/mol. The fourth-order valence-electron chi connectivity index (χ4n) is 1.66. The second-order valence-corrected chi connectivity index (χ2v) is 3.75. The van der Waals surface area contributed by atoms with Crippen LogP contribution in [0.3, 0.4) is 0 Å². The lowest BCUT2D eigenvalue weighted by Gasteiger charge is -2.31. The van der Waals surface area contributed by atoms with Crippen molar-refractivity contribution >= 4 is 0 Å². The van der Waals surface area contributed by atoms with Gasteiger partial charge in [-0.05, 0) is 24.1 Å². The van der Waals surface area contributed by atoms with Crippen molar-refractivity contribution in [3.05, 3.63) is 42.0 Å². The van der Waals surface area contributed by atoms with Gasteiger partial charge in [-0.15, -0.1) is 0 Å². The van der Waals surface area contributed by atoms with Crippen LogP contribution >= 0.6 is 0 Å². The molecule has 0 spiro atoms. The molecule has 1 aromatic rings. The first-order valence-corrected chi connectivity index (χ1v) is 4.57. The minimum absolute atomic E-state index is 0.270. The van der Waals surface area contributed by atoms with E-state index in [0.717, 1.165) is 12.2 Å². The van der Waals surface area contributed by atoms with Crippen molar-refractivity contribution in [3.63, 3.8) is 0 Å². The predicted molar refractivity (Wildman–Crippen MR) is 54.1 cm³/mol. The van der Waals surface area contributed by atoms with E-state index in [1.54, 1.807) is 7.11 Å². The van der Waals surface area contributed by atoms with Crippen LogP contribution in [0.2, 0.25) is 0 Å². The Morgan fingerprint density at radius 3 is 2.23 bits per heavy atom. The Kier molecular flexibility index (Phi) is 1.87. The summed E-state index contributed by atoms with van der Waals surface area (Å²) in [5.41, 5.74) is 1.64. The minimum atomic E-state index is 0.270. The first-order chi connectivity index (χ1) is 6.24. The lowest BCUT2D eigenvalue weighted by Crippen LogP contribution is -2.23. The molecule has 1 aliphatic rings. The van der Waals surface area contributed by atoms with Crippen molar-refractivity contribution < 1.29 is 4.74 Å². The van der Waals surface area contributed by atoms with E-state index in [1.165, 1.54) is 5.56 Å². The van der Waals surface area contributed by atoms with Crippen LogP contribution in [0, 0.1) is 0 Å². The summed E-state index contributed by atoms with van der Waals surface area (Å²) in [6.07, 6.45) is 5.62. The molecule has 0 bridgehead atoms. The first kappa shape index (κ1) is 8.36. The van der Waals surface area contributed by atoms with Crippen LogP contribution in [-0.4, -0.2) is 7.11 Å². The van der Waals surface area contributed by atoms with Gasteiger partial charge in [0.1, 0.15) is 5.75 Å². The van der Waals surface area contributed by atoms with E-state index in [-0.39, 0.29) is 5.41 Å². The molecule has 0 aliphatic heterocycles. The van der Waals surface area contributed by atoms with Gasteiger partial charge >= 0.3 is 0 Å². The van der Waals surface area contributed by atoms with Crippen molar-refractivity contribution in [1.82, 2.24) is 0 Å². The fraction of sp³-hybridized carbons (Fsp3) is 0.333. The molecule has 1 aliphatic carbocycles. The van der Waals surface area contributed by atoms with Gasteiger partial charge in [0, 0.05) is 5.41 Å². The van der Waals surface area contributed by atoms with Crippen LogP contribution in [0.5, 0.6) is 5.75 Å². The molecule has 1 heteroatoms. The predicted octanol–water partition coefficient (Wildman–Crippen LogP) is 2.91. The Morgan fingerprint density at radius 2 is 1.85 bits per heavy atom. The third-order valence-corrected chi connectivity index (χ3v) is 2.78. The molecule has 2 rings (SSSR count). The fourth-order valence-corrected chi connectivity index (χ4v) is 1.66. The summed E-state index contributed by atoms with van der Waals surface area (Å²) < 4.78 is 5.12. The van der Waals surface area contributed by atoms with Gasteiger partial charge in [-0.25, -0.2) is 0 Å². The standard InChI is InChI=1S/C12H14O/c1-12(8-3-9-12)10-4-6-11(13-2)7-5-10/h3-8H,9H2,1-2H3. The summed E-state index contributed by atoms with van der Waals surface area (Å²) in [7, 11) is 1.69. The summed E-state index contributed by atoms with van der Waals surface area (Å²) in [5, 5.41) is 0. The molecule has 0 saturated carbocycles. The highest BCUT2D eigenvalue weighted by Crippen LogP contribution is 2.36. The summed E-state index contributed by atoms with van der Waals surface area (Å²) in [6.45, 7) is 2.26. The quantitative estimate of drug-likeness (QED) is 0.626. The smallest absolute Gasteiger partial charge is 0.118 e. The van der Waals surface area contributed by atoms with Gasteiger partial charge in [-0.1, -0.05) is 31.2 Å². The maximum atomic E-state index is 5.12. The van der Waals surface area contributed by atoms with E-state index < -0.39 is 0 Å². The molecule has 0 fully saturated rings. The summed E-state index contributed by atoms with van der Waals surface area (Å²) in [6, 6.07) is 8.32. The van der Waals surface area contributed by atoms with Crippen LogP contribution in [0.1, 0.15) is 18.9 Å². The first-order valence-electron chi connectivity index (χ1n) is 4.57. The number of methoxy groups -OCH3 is 1. The molecule has 0 amide bonds. The Balaban J connectivity index is 2.28. The van der Waals surface area contributed by atoms with Gasteiger partial charge in [-0.2, -0.15) is 0 Å². The van der Waals surface area contributed by atoms with Crippen LogP contribution in [0.15, 0.2) is 36.4 Å². The van der Waals surface area contributed by atoms with Gasteiger partial charge in [0.15, 0.2) is 0 Å². The van der Waals surface area contributed by atoms with Crippen LogP contribution in [0.4, 0.5) is 0 Å². The lowest BCUT2D eigenvalue weighted by atomic mass is 9.73. The van der Waals surface area contributed by atoms with E-state index in [0.29, 0.717) is 0 Å². The zero-order valence-electron chi connectivity index (χ0n) is 8.08. The van der Waals surface area contributed by atoms with Crippen molar-refractivity contribution in [2.24, 2.45) is 0 Å². The van der Waals surface area contributed by atoms with Crippen LogP contribution < -0.4 is 4.74 Å². The van der Waals surface area contributed by atoms with Crippen molar-refractivity contribution in [2.75, 3.05) is 7.11 Å². The van der Waals surface area contributed by atoms with Gasteiger partial charge in [0.25, 0.3) is 0 Å². The van der Waals surface area contributed by atoms with Crippen molar-refractivity contribution in [3.8, 4) is 5.75 Å². The Morgan fingerprint density at radius 1 is 1.23 bits per heavy atom. The third-order valence-electron chi connectivity index (χ3n) is 2.78. The summed E-state index contributed by atoms with van der Waals surface area (Å²) in [4.78, 5) is 0. The zero-order valence-corrected chi connectivity index (χ0v) is 8.08. The maximum absolute atomic E-state index is 5.12. The normalized spacial score (nSPS) is 25.4. The average Bonchev–Trinajstić information content (AvgIpc) is 2.14. The zero-order chi connectivity index (χ0) is 9.31. The molecule has 68 valence electrons. The highest BCUT2D eigenvalue weighted by Gasteiger charge is 2.27. The van der Waals surface area contributed by atoms with Crippen LogP contribution in [0.25, 0.3) is 0 Å². The molecule has 0 aromatic heterocycles. The number of ether oxygens (including phenoxy) is 1. The number of hydrogen-bond acceptors (Lipinski definition) is 1. The van der Waals surface area contributed by atoms with Gasteiger partial charge in [-0.3, -0.25) is 0 Å². The molecule has 1 aromatic carbocycles. The second-order valence-electron chi connectivity index (χ2n) is 3.75. The van der Waals surface area contributed by atoms with E-state index in [2.05, 4.69) is 31.2 Å². The molecule has 1 unspecified atom stereocenters. The number of hydrogen-bond donors (Lipinski definition) is 0. The highest BCUT2D eigenvalue weighted by molar-refractivity contribution is 5.38. The van der Waals surface area contributed by atoms with E-state index in [1.807, 2.05) is 12.1 Å². The molecule has 13 heavy (non-hydrogen) atoms. The van der Waals surface area contributed by atoms with E-state index in [4.69, 9.17) is 4.74 Å². The minimum Gasteiger partial charge on any atom is -0.497 e. The average molecular weight is 174 g/mol. The Hall–Kier alpha value is -1.24. The topological polar surface area (TPSA) is 9.23 Å². The van der Waals surface area contributed by atoms with Crippen molar-refractivity contribution in [1.29, 1.82) is 0 Å². The molecule has 0 radical (unpaired) electrons. The molecule has 1 atom stereocenters. The number of allylic oxidation sites excluding steroid dienone is 2. The third kappa shape index (κ3) is 1.35. The van der Waals surface area contributed by atoms with Crippen LogP contribution in [-0.2, 0) is 5.41 Å². The SMILES string of the molecule is COc1ccc(C2(C)C=CC2)cc1. The van der Waals surface area contributed by atoms with Gasteiger partial charge in [0.05, 0.1) is 7.11 Å². The van der Waals surface area contributed by atoms with E-state index in [9.17, 15) is 0 Å². The van der Waals surface area contributed by atoms with E-state index >= 15 is 0 Å². The van der Waals surface area contributed by atoms with Gasteiger partial charge < -0.3 is 4.74 Å². The lowest BCUT2D eigenvalue weighted by molar-refractivity contribution is 0.414. The Labute approximate surface area is 79.0 Å².